The largest absolute Gasteiger partial charge is 0.405 e. The second-order valence-electron chi connectivity index (χ2n) is 7.76. The molecule has 186 valence electrons. The predicted octanol–water partition coefficient (Wildman–Crippen LogP) is 2.07. The van der Waals surface area contributed by atoms with Crippen LogP contribution in [0.4, 0.5) is 10.1 Å². The van der Waals surface area contributed by atoms with E-state index >= 15 is 0 Å². The molecule has 0 aromatic heterocycles. The van der Waals surface area contributed by atoms with Crippen molar-refractivity contribution in [2.24, 2.45) is 5.73 Å². The number of fused-ring (bicyclic) bond motifs is 1. The zero-order valence-electron chi connectivity index (χ0n) is 19.7. The van der Waals surface area contributed by atoms with Gasteiger partial charge in [0.1, 0.15) is 11.7 Å². The molecule has 35 heavy (non-hydrogen) atoms. The van der Waals surface area contributed by atoms with Crippen LogP contribution in [0.2, 0.25) is 0 Å². The number of hydrogen-bond acceptors (Lipinski definition) is 7. The molecule has 0 unspecified atom stereocenters. The van der Waals surface area contributed by atoms with Crippen LogP contribution < -0.4 is 16.4 Å². The third-order valence-corrected chi connectivity index (χ3v) is 5.40. The Balaban J connectivity index is 1.95. The molecule has 1 heterocycles. The van der Waals surface area contributed by atoms with E-state index in [1.165, 1.54) is 18.2 Å². The molecule has 1 atom stereocenters. The Morgan fingerprint density at radius 3 is 2.60 bits per heavy atom. The number of carbonyl (C=O) groups is 3. The molecule has 0 fully saturated rings. The first-order valence-corrected chi connectivity index (χ1v) is 11.1. The van der Waals surface area contributed by atoms with E-state index in [-0.39, 0.29) is 36.7 Å². The highest BCUT2D eigenvalue weighted by Crippen LogP contribution is 2.33. The van der Waals surface area contributed by atoms with Gasteiger partial charge in [0.15, 0.2) is 0 Å². The number of anilines is 1. The van der Waals surface area contributed by atoms with Gasteiger partial charge in [-0.05, 0) is 37.6 Å². The summed E-state index contributed by atoms with van der Waals surface area (Å²) < 4.78 is 25.3. The molecule has 1 aliphatic heterocycles. The molecule has 10 nitrogen and oxygen atoms in total. The number of nitrogens with one attached hydrogen (secondary N) is 3. The molecule has 2 aromatic rings. The van der Waals surface area contributed by atoms with Gasteiger partial charge in [0.25, 0.3) is 5.91 Å². The number of rotatable bonds is 10. The Kier molecular flexibility index (Phi) is 7.70. The molecule has 5 N–H and O–H groups in total. The first-order valence-electron chi connectivity index (χ1n) is 11.1. The average molecular weight is 486 g/mol. The summed E-state index contributed by atoms with van der Waals surface area (Å²) >= 11 is 0. The summed E-state index contributed by atoms with van der Waals surface area (Å²) in [5.74, 6) is -5.65. The summed E-state index contributed by atoms with van der Waals surface area (Å²) in [4.78, 5) is 39.6. The molecule has 0 saturated carbocycles. The van der Waals surface area contributed by atoms with E-state index in [2.05, 4.69) is 10.6 Å². The molecule has 3 rings (SSSR count). The number of esters is 1. The van der Waals surface area contributed by atoms with Gasteiger partial charge in [-0.15, -0.1) is 0 Å². The lowest BCUT2D eigenvalue weighted by atomic mass is 10.1. The Labute approximate surface area is 202 Å². The summed E-state index contributed by atoms with van der Waals surface area (Å²) in [7, 11) is 0. The number of benzene rings is 2. The fourth-order valence-electron chi connectivity index (χ4n) is 3.86. The Bertz CT molecular complexity index is 1170. The minimum absolute atomic E-state index is 0.0290. The lowest BCUT2D eigenvalue weighted by Gasteiger charge is -2.37. The van der Waals surface area contributed by atoms with Gasteiger partial charge in [-0.2, -0.15) is 0 Å². The van der Waals surface area contributed by atoms with Crippen molar-refractivity contribution in [2.45, 2.75) is 39.8 Å². The zero-order chi connectivity index (χ0) is 25.8. The van der Waals surface area contributed by atoms with Crippen molar-refractivity contribution in [3.63, 3.8) is 0 Å². The molecule has 1 aliphatic rings. The van der Waals surface area contributed by atoms with Gasteiger partial charge in [0.05, 0.1) is 13.2 Å². The molecule has 0 aliphatic carbocycles. The molecule has 0 bridgehead atoms. The molecule has 0 spiro atoms. The van der Waals surface area contributed by atoms with Gasteiger partial charge in [0.2, 0.25) is 0 Å². The van der Waals surface area contributed by atoms with Crippen LogP contribution >= 0.6 is 0 Å². The number of amides is 2. The fourth-order valence-corrected chi connectivity index (χ4v) is 3.86. The summed E-state index contributed by atoms with van der Waals surface area (Å²) in [6.45, 7) is 4.68. The number of carbonyl (C=O) groups excluding carboxylic acids is 3. The van der Waals surface area contributed by atoms with Crippen molar-refractivity contribution in [3.8, 4) is 0 Å². The molecular weight excluding hydrogens is 457 g/mol. The SMILES string of the molecule is CCNc1cc(C(=N)N)ccc1CNC(=O)[C@](OCC)(OC(C)=O)N1Cc2c(F)cccc2C1=O. The smallest absolute Gasteiger partial charge is 0.383 e. The number of ether oxygens (including phenoxy) is 2. The summed E-state index contributed by atoms with van der Waals surface area (Å²) in [5.41, 5.74) is 7.51. The molecule has 0 radical (unpaired) electrons. The normalized spacial score (nSPS) is 14.2. The standard InChI is InChI=1S/C24H28FN5O5/c1-4-28-20-11-15(21(26)27)9-10-16(20)12-29-23(33)24(34-5-2,35-14(3)31)30-13-18-17(22(30)32)7-6-8-19(18)25/h6-11,28H,4-5,12-13H2,1-3H3,(H3,26,27)(H,29,33)/t24-/m0/s1. The third kappa shape index (κ3) is 5.09. The monoisotopic (exact) mass is 485 g/mol. The Morgan fingerprint density at radius 1 is 1.26 bits per heavy atom. The predicted molar refractivity (Wildman–Crippen MR) is 126 cm³/mol. The number of hydrogen-bond donors (Lipinski definition) is 4. The van der Waals surface area contributed by atoms with Crippen LogP contribution in [0, 0.1) is 11.2 Å². The van der Waals surface area contributed by atoms with Gasteiger partial charge in [-0.25, -0.2) is 4.39 Å². The second kappa shape index (κ2) is 10.5. The first-order chi connectivity index (χ1) is 16.6. The van der Waals surface area contributed by atoms with Crippen LogP contribution in [0.25, 0.3) is 0 Å². The van der Waals surface area contributed by atoms with Gasteiger partial charge in [0, 0.05) is 42.4 Å². The Hall–Kier alpha value is -3.99. The highest BCUT2D eigenvalue weighted by Gasteiger charge is 2.54. The number of nitrogens with two attached hydrogens (primary N) is 1. The van der Waals surface area contributed by atoms with Crippen LogP contribution in [-0.4, -0.2) is 47.6 Å². The highest BCUT2D eigenvalue weighted by molar-refractivity contribution is 6.02. The lowest BCUT2D eigenvalue weighted by molar-refractivity contribution is -0.272. The van der Waals surface area contributed by atoms with Crippen molar-refractivity contribution >= 4 is 29.3 Å². The zero-order valence-corrected chi connectivity index (χ0v) is 19.7. The fraction of sp³-hybridized carbons (Fsp3) is 0.333. The molecule has 11 heteroatoms. The van der Waals surface area contributed by atoms with Crippen molar-refractivity contribution in [2.75, 3.05) is 18.5 Å². The van der Waals surface area contributed by atoms with E-state index < -0.39 is 29.5 Å². The summed E-state index contributed by atoms with van der Waals surface area (Å²) in [5, 5.41) is 13.4. The number of halogens is 1. The van der Waals surface area contributed by atoms with Gasteiger partial charge >= 0.3 is 17.8 Å². The van der Waals surface area contributed by atoms with Gasteiger partial charge < -0.3 is 25.8 Å². The first kappa shape index (κ1) is 25.6. The van der Waals surface area contributed by atoms with Crippen LogP contribution in [0.15, 0.2) is 36.4 Å². The van der Waals surface area contributed by atoms with Gasteiger partial charge in [-0.1, -0.05) is 18.2 Å². The van der Waals surface area contributed by atoms with E-state index in [0.29, 0.717) is 23.4 Å². The molecule has 2 amide bonds. The maximum Gasteiger partial charge on any atom is 0.383 e. The quantitative estimate of drug-likeness (QED) is 0.174. The van der Waals surface area contributed by atoms with E-state index in [4.69, 9.17) is 20.6 Å². The molecular formula is C24H28FN5O5. The minimum atomic E-state index is -2.44. The van der Waals surface area contributed by atoms with E-state index in [1.54, 1.807) is 25.1 Å². The van der Waals surface area contributed by atoms with Gasteiger partial charge in [-0.3, -0.25) is 24.7 Å². The third-order valence-electron chi connectivity index (χ3n) is 5.40. The van der Waals surface area contributed by atoms with E-state index in [1.807, 2.05) is 6.92 Å². The van der Waals surface area contributed by atoms with Crippen LogP contribution in [0.3, 0.4) is 0 Å². The lowest BCUT2D eigenvalue weighted by Crippen LogP contribution is -2.63. The van der Waals surface area contributed by atoms with Crippen molar-refractivity contribution in [1.82, 2.24) is 10.2 Å². The number of nitrogens with zero attached hydrogens (tertiary/aromatic N) is 1. The maximum atomic E-state index is 14.4. The van der Waals surface area contributed by atoms with Crippen molar-refractivity contribution in [3.05, 3.63) is 64.5 Å². The summed E-state index contributed by atoms with van der Waals surface area (Å²) in [6, 6.07) is 9.03. The number of nitrogen functional groups attached to an aromatic ring is 1. The van der Waals surface area contributed by atoms with Crippen LogP contribution in [-0.2, 0) is 32.2 Å². The van der Waals surface area contributed by atoms with Crippen molar-refractivity contribution in [1.29, 1.82) is 5.41 Å². The molecule has 0 saturated heterocycles. The maximum absolute atomic E-state index is 14.4. The average Bonchev–Trinajstić information content (AvgIpc) is 3.15. The minimum Gasteiger partial charge on any atom is -0.405 e. The second-order valence-corrected chi connectivity index (χ2v) is 7.76. The Morgan fingerprint density at radius 2 is 2.00 bits per heavy atom. The van der Waals surface area contributed by atoms with E-state index in [0.717, 1.165) is 11.8 Å². The topological polar surface area (TPSA) is 147 Å². The van der Waals surface area contributed by atoms with Crippen LogP contribution in [0.5, 0.6) is 0 Å². The number of amidine groups is 1. The highest BCUT2D eigenvalue weighted by atomic mass is 19.1. The molecule has 2 aromatic carbocycles. The summed E-state index contributed by atoms with van der Waals surface area (Å²) in [6.07, 6.45) is 0. The van der Waals surface area contributed by atoms with E-state index in [9.17, 15) is 18.8 Å². The van der Waals surface area contributed by atoms with Crippen LogP contribution in [0.1, 0.15) is 47.8 Å². The van der Waals surface area contributed by atoms with Crippen molar-refractivity contribution < 1.29 is 28.2 Å².